The van der Waals surface area contributed by atoms with Crippen LogP contribution < -0.4 is 9.62 Å². The Hall–Kier alpha value is -3.12. The van der Waals surface area contributed by atoms with Crippen LogP contribution in [-0.2, 0) is 22.9 Å². The Morgan fingerprint density at radius 2 is 1.56 bits per heavy atom. The highest BCUT2D eigenvalue weighted by atomic mass is 32.2. The van der Waals surface area contributed by atoms with E-state index in [0.717, 1.165) is 18.4 Å². The first-order valence-corrected chi connectivity index (χ1v) is 12.4. The van der Waals surface area contributed by atoms with Gasteiger partial charge in [0.25, 0.3) is 15.9 Å². The van der Waals surface area contributed by atoms with Crippen LogP contribution in [-0.4, -0.2) is 21.4 Å². The third-order valence-corrected chi connectivity index (χ3v) is 7.90. The van der Waals surface area contributed by atoms with Crippen molar-refractivity contribution in [2.24, 2.45) is 0 Å². The summed E-state index contributed by atoms with van der Waals surface area (Å²) in [6.45, 7) is 1.95. The lowest BCUT2D eigenvalue weighted by atomic mass is 9.89. The fourth-order valence-corrected chi connectivity index (χ4v) is 5.44. The van der Waals surface area contributed by atoms with E-state index in [2.05, 4.69) is 23.5 Å². The highest BCUT2D eigenvalue weighted by molar-refractivity contribution is 7.92. The van der Waals surface area contributed by atoms with Gasteiger partial charge in [0.1, 0.15) is 0 Å². The Morgan fingerprint density at radius 3 is 2.31 bits per heavy atom. The van der Waals surface area contributed by atoms with Crippen molar-refractivity contribution >= 4 is 21.6 Å². The van der Waals surface area contributed by atoms with Crippen LogP contribution in [0.1, 0.15) is 52.9 Å². The Morgan fingerprint density at radius 1 is 0.906 bits per heavy atom. The lowest BCUT2D eigenvalue weighted by Gasteiger charge is -2.23. The zero-order chi connectivity index (χ0) is 22.7. The highest BCUT2D eigenvalue weighted by Crippen LogP contribution is 2.28. The number of carbonyl (C=O) groups excluding carboxylic acids is 1. The summed E-state index contributed by atoms with van der Waals surface area (Å²) in [5.41, 5.74) is 4.48. The molecule has 1 aliphatic rings. The van der Waals surface area contributed by atoms with Crippen LogP contribution in [0.25, 0.3) is 0 Å². The summed E-state index contributed by atoms with van der Waals surface area (Å²) in [5, 5.41) is 3.05. The first-order chi connectivity index (χ1) is 15.4. The smallest absolute Gasteiger partial charge is 0.264 e. The number of nitrogens with one attached hydrogen (secondary N) is 1. The van der Waals surface area contributed by atoms with Crippen molar-refractivity contribution in [1.82, 2.24) is 5.32 Å². The molecule has 5 nitrogen and oxygen atoms in total. The van der Waals surface area contributed by atoms with Gasteiger partial charge in [-0.1, -0.05) is 48.5 Å². The van der Waals surface area contributed by atoms with Gasteiger partial charge >= 0.3 is 0 Å². The van der Waals surface area contributed by atoms with Gasteiger partial charge in [0.2, 0.25) is 0 Å². The van der Waals surface area contributed by atoms with Crippen molar-refractivity contribution in [3.05, 3.63) is 95.1 Å². The summed E-state index contributed by atoms with van der Waals surface area (Å²) in [6.07, 6.45) is 4.63. The SMILES string of the molecule is C[C@@H](NC(=O)c1ccccc1N(C)S(=O)(=O)c1ccccc1)c1ccc2c(c1)CCCC2. The van der Waals surface area contributed by atoms with Crippen LogP contribution in [0, 0.1) is 0 Å². The van der Waals surface area contributed by atoms with Crippen LogP contribution in [0.4, 0.5) is 5.69 Å². The standard InChI is InChI=1S/C26H28N2O3S/c1-19(21-17-16-20-10-6-7-11-22(20)18-21)27-26(29)24-14-8-9-15-25(24)28(2)32(30,31)23-12-4-3-5-13-23/h3-5,8-9,12-19H,6-7,10-11H2,1-2H3,(H,27,29)/t19-/m1/s1. The van der Waals surface area contributed by atoms with Gasteiger partial charge in [-0.05, 0) is 73.6 Å². The van der Waals surface area contributed by atoms with E-state index in [1.165, 1.54) is 35.3 Å². The number of nitrogens with zero attached hydrogens (tertiary/aromatic N) is 1. The van der Waals surface area contributed by atoms with Gasteiger partial charge in [0.05, 0.1) is 22.2 Å². The molecular weight excluding hydrogens is 420 g/mol. The van der Waals surface area contributed by atoms with Crippen molar-refractivity contribution < 1.29 is 13.2 Å². The van der Waals surface area contributed by atoms with Crippen LogP contribution >= 0.6 is 0 Å². The molecule has 32 heavy (non-hydrogen) atoms. The van der Waals surface area contributed by atoms with Gasteiger partial charge in [-0.15, -0.1) is 0 Å². The molecule has 6 heteroatoms. The van der Waals surface area contributed by atoms with E-state index in [-0.39, 0.29) is 16.8 Å². The number of carbonyl (C=O) groups is 1. The molecule has 0 aromatic heterocycles. The van der Waals surface area contributed by atoms with Crippen LogP contribution in [0.15, 0.2) is 77.7 Å². The maximum Gasteiger partial charge on any atom is 0.264 e. The second-order valence-electron chi connectivity index (χ2n) is 8.23. The molecule has 0 unspecified atom stereocenters. The largest absolute Gasteiger partial charge is 0.345 e. The van der Waals surface area contributed by atoms with E-state index in [1.807, 2.05) is 6.92 Å². The Kier molecular flexibility index (Phi) is 6.33. The fraction of sp³-hybridized carbons (Fsp3) is 0.269. The fourth-order valence-electron chi connectivity index (χ4n) is 4.20. The van der Waals surface area contributed by atoms with Gasteiger partial charge in [-0.25, -0.2) is 8.42 Å². The second-order valence-corrected chi connectivity index (χ2v) is 10.2. The third-order valence-electron chi connectivity index (χ3n) is 6.11. The maximum absolute atomic E-state index is 13.2. The Bertz CT molecular complexity index is 1220. The minimum absolute atomic E-state index is 0.181. The average molecular weight is 449 g/mol. The molecule has 0 heterocycles. The number of aryl methyl sites for hydroxylation is 2. The molecule has 0 radical (unpaired) electrons. The predicted molar refractivity (Wildman–Crippen MR) is 127 cm³/mol. The maximum atomic E-state index is 13.2. The molecule has 1 atom stereocenters. The Balaban J connectivity index is 1.58. The molecule has 3 aromatic rings. The van der Waals surface area contributed by atoms with E-state index in [0.29, 0.717) is 11.3 Å². The monoisotopic (exact) mass is 448 g/mol. The number of benzene rings is 3. The summed E-state index contributed by atoms with van der Waals surface area (Å²) >= 11 is 0. The molecule has 1 N–H and O–H groups in total. The van der Waals surface area contributed by atoms with Crippen molar-refractivity contribution in [1.29, 1.82) is 0 Å². The molecule has 0 bridgehead atoms. The first kappa shape index (κ1) is 22.1. The van der Waals surface area contributed by atoms with Gasteiger partial charge in [-0.2, -0.15) is 0 Å². The van der Waals surface area contributed by atoms with Gasteiger partial charge in [0.15, 0.2) is 0 Å². The van der Waals surface area contributed by atoms with E-state index >= 15 is 0 Å². The quantitative estimate of drug-likeness (QED) is 0.584. The van der Waals surface area contributed by atoms with Crippen molar-refractivity contribution in [3.8, 4) is 0 Å². The van der Waals surface area contributed by atoms with Gasteiger partial charge < -0.3 is 5.32 Å². The van der Waals surface area contributed by atoms with E-state index < -0.39 is 10.0 Å². The third kappa shape index (κ3) is 4.41. The molecule has 1 amide bonds. The van der Waals surface area contributed by atoms with E-state index in [4.69, 9.17) is 0 Å². The normalized spacial score (nSPS) is 14.3. The lowest BCUT2D eigenvalue weighted by molar-refractivity contribution is 0.0940. The molecule has 0 saturated heterocycles. The molecular formula is C26H28N2O3S. The number of anilines is 1. The van der Waals surface area contributed by atoms with Crippen LogP contribution in [0.3, 0.4) is 0 Å². The minimum Gasteiger partial charge on any atom is -0.345 e. The first-order valence-electron chi connectivity index (χ1n) is 10.9. The molecule has 0 saturated carbocycles. The number of sulfonamides is 1. The average Bonchev–Trinajstić information content (AvgIpc) is 2.83. The zero-order valence-corrected chi connectivity index (χ0v) is 19.2. The Labute approximate surface area is 190 Å². The summed E-state index contributed by atoms with van der Waals surface area (Å²) in [4.78, 5) is 13.4. The van der Waals surface area contributed by atoms with Gasteiger partial charge in [-0.3, -0.25) is 9.10 Å². The summed E-state index contributed by atoms with van der Waals surface area (Å²) in [7, 11) is -2.31. The molecule has 0 fully saturated rings. The van der Waals surface area contributed by atoms with Crippen LogP contribution in [0.2, 0.25) is 0 Å². The van der Waals surface area contributed by atoms with Gasteiger partial charge in [0, 0.05) is 7.05 Å². The number of rotatable bonds is 6. The van der Waals surface area contributed by atoms with Crippen molar-refractivity contribution in [2.45, 2.75) is 43.5 Å². The topological polar surface area (TPSA) is 66.5 Å². The van der Waals surface area contributed by atoms with E-state index in [9.17, 15) is 13.2 Å². The van der Waals surface area contributed by atoms with Crippen LogP contribution in [0.5, 0.6) is 0 Å². The number of amides is 1. The summed E-state index contributed by atoms with van der Waals surface area (Å²) in [6, 6.07) is 21.2. The second kappa shape index (κ2) is 9.17. The molecule has 4 rings (SSSR count). The summed E-state index contributed by atoms with van der Waals surface area (Å²) < 4.78 is 27.3. The lowest BCUT2D eigenvalue weighted by Crippen LogP contribution is -2.32. The predicted octanol–water partition coefficient (Wildman–Crippen LogP) is 4.88. The molecule has 0 spiro atoms. The molecule has 166 valence electrons. The number of hydrogen-bond donors (Lipinski definition) is 1. The number of hydrogen-bond acceptors (Lipinski definition) is 3. The molecule has 3 aromatic carbocycles. The van der Waals surface area contributed by atoms with Crippen molar-refractivity contribution in [2.75, 3.05) is 11.4 Å². The van der Waals surface area contributed by atoms with E-state index in [1.54, 1.807) is 54.6 Å². The van der Waals surface area contributed by atoms with Crippen molar-refractivity contribution in [3.63, 3.8) is 0 Å². The number of fused-ring (bicyclic) bond motifs is 1. The zero-order valence-electron chi connectivity index (χ0n) is 18.4. The molecule has 0 aliphatic heterocycles. The minimum atomic E-state index is -3.79. The number of para-hydroxylation sites is 1. The molecule has 1 aliphatic carbocycles. The highest BCUT2D eigenvalue weighted by Gasteiger charge is 2.25. The summed E-state index contributed by atoms with van der Waals surface area (Å²) in [5.74, 6) is -0.305.